The number of hydrogen-bond acceptors (Lipinski definition) is 4. The van der Waals surface area contributed by atoms with Crippen molar-refractivity contribution in [1.29, 1.82) is 0 Å². The molecule has 0 saturated heterocycles. The predicted octanol–water partition coefficient (Wildman–Crippen LogP) is 2.92. The van der Waals surface area contributed by atoms with Crippen LogP contribution in [0.2, 0.25) is 0 Å². The average molecular weight is 381 g/mol. The van der Waals surface area contributed by atoms with Gasteiger partial charge in [-0.3, -0.25) is 4.99 Å². The van der Waals surface area contributed by atoms with Crippen LogP contribution in [0, 0.1) is 0 Å². The molecule has 2 atom stereocenters. The first-order chi connectivity index (χ1) is 13.6. The minimum Gasteiger partial charge on any atom is -0.493 e. The fourth-order valence-electron chi connectivity index (χ4n) is 3.56. The largest absolute Gasteiger partial charge is 0.493 e. The molecule has 0 saturated carbocycles. The highest BCUT2D eigenvalue weighted by Gasteiger charge is 2.26. The molecule has 148 valence electrons. The van der Waals surface area contributed by atoms with E-state index in [0.29, 0.717) is 13.2 Å². The highest BCUT2D eigenvalue weighted by Crippen LogP contribution is 2.24. The van der Waals surface area contributed by atoms with Gasteiger partial charge in [-0.1, -0.05) is 42.8 Å². The summed E-state index contributed by atoms with van der Waals surface area (Å²) in [6.07, 6.45) is 1.01. The normalized spacial score (nSPS) is 15.3. The fraction of sp³-hybridized carbons (Fsp3) is 0.391. The first kappa shape index (κ1) is 20.1. The summed E-state index contributed by atoms with van der Waals surface area (Å²) in [5.74, 6) is -0.385. The van der Waals surface area contributed by atoms with Crippen molar-refractivity contribution in [3.05, 3.63) is 64.7 Å². The van der Waals surface area contributed by atoms with Crippen molar-refractivity contribution >= 4 is 11.5 Å². The van der Waals surface area contributed by atoms with E-state index in [9.17, 15) is 9.90 Å². The molecule has 2 aromatic rings. The van der Waals surface area contributed by atoms with Gasteiger partial charge >= 0.3 is 5.97 Å². The van der Waals surface area contributed by atoms with Crippen LogP contribution < -0.4 is 15.3 Å². The van der Waals surface area contributed by atoms with Gasteiger partial charge < -0.3 is 14.6 Å². The van der Waals surface area contributed by atoms with Crippen LogP contribution in [0.5, 0.6) is 5.75 Å². The van der Waals surface area contributed by atoms with Crippen LogP contribution in [0.15, 0.2) is 53.5 Å². The summed E-state index contributed by atoms with van der Waals surface area (Å²) in [6, 6.07) is 15.9. The van der Waals surface area contributed by atoms with Gasteiger partial charge in [0.2, 0.25) is 0 Å². The Kier molecular flexibility index (Phi) is 6.82. The summed E-state index contributed by atoms with van der Waals surface area (Å²) in [5.41, 5.74) is 2.31. The first-order valence-corrected chi connectivity index (χ1v) is 9.79. The zero-order valence-corrected chi connectivity index (χ0v) is 16.4. The Balaban J connectivity index is 1.61. The van der Waals surface area contributed by atoms with Gasteiger partial charge in [0, 0.05) is 25.5 Å². The molecule has 1 aliphatic heterocycles. The maximum absolute atomic E-state index is 11.4. The molecule has 2 unspecified atom stereocenters. The lowest BCUT2D eigenvalue weighted by Gasteiger charge is -2.20. The van der Waals surface area contributed by atoms with Crippen molar-refractivity contribution in [2.45, 2.75) is 38.7 Å². The Morgan fingerprint density at radius 1 is 1.18 bits per heavy atom. The molecule has 1 N–H and O–H groups in total. The van der Waals surface area contributed by atoms with E-state index in [1.165, 1.54) is 10.8 Å². The summed E-state index contributed by atoms with van der Waals surface area (Å²) in [5, 5.41) is 11.6. The molecule has 0 radical (unpaired) electrons. The number of carboxylic acid groups (broad SMARTS) is 1. The van der Waals surface area contributed by atoms with E-state index in [1.807, 2.05) is 43.3 Å². The number of aliphatic carboxylic acids is 1. The molecular weight excluding hydrogens is 354 g/mol. The van der Waals surface area contributed by atoms with Gasteiger partial charge in [0.15, 0.2) is 6.10 Å². The minimum absolute atomic E-state index is 0.232. The molecule has 1 aliphatic rings. The number of para-hydroxylation sites is 1. The quantitative estimate of drug-likeness (QED) is 0.725. The van der Waals surface area contributed by atoms with E-state index in [4.69, 9.17) is 9.47 Å². The molecule has 0 aliphatic carbocycles. The van der Waals surface area contributed by atoms with E-state index in [-0.39, 0.29) is 5.92 Å². The average Bonchev–Trinajstić information content (AvgIpc) is 2.72. The molecule has 3 rings (SSSR count). The molecule has 0 aromatic heterocycles. The van der Waals surface area contributed by atoms with Crippen LogP contribution >= 0.6 is 0 Å². The van der Waals surface area contributed by atoms with Crippen LogP contribution in [0.25, 0.3) is 5.57 Å². The lowest BCUT2D eigenvalue weighted by Crippen LogP contribution is -2.31. The van der Waals surface area contributed by atoms with Gasteiger partial charge in [0.1, 0.15) is 5.75 Å². The number of ether oxygens (including phenoxy) is 2. The maximum Gasteiger partial charge on any atom is 0.333 e. The maximum atomic E-state index is 11.4. The van der Waals surface area contributed by atoms with E-state index in [2.05, 4.69) is 17.1 Å². The van der Waals surface area contributed by atoms with Crippen molar-refractivity contribution in [3.8, 4) is 5.75 Å². The Bertz CT molecular complexity index is 920. The molecular formula is C23H27NO4. The Hall–Kier alpha value is -2.66. The second kappa shape index (κ2) is 9.51. The number of carboxylic acids is 1. The molecule has 0 spiro atoms. The minimum atomic E-state index is -0.939. The first-order valence-electron chi connectivity index (χ1n) is 9.79. The highest BCUT2D eigenvalue weighted by molar-refractivity contribution is 5.73. The summed E-state index contributed by atoms with van der Waals surface area (Å²) in [7, 11) is 0. The summed E-state index contributed by atoms with van der Waals surface area (Å²) < 4.78 is 11.3. The van der Waals surface area contributed by atoms with Gasteiger partial charge in [-0.05, 0) is 42.3 Å². The van der Waals surface area contributed by atoms with Crippen molar-refractivity contribution < 1.29 is 19.4 Å². The fourth-order valence-corrected chi connectivity index (χ4v) is 3.56. The predicted molar refractivity (Wildman–Crippen MR) is 108 cm³/mol. The number of benzene rings is 2. The van der Waals surface area contributed by atoms with Gasteiger partial charge in [-0.2, -0.15) is 0 Å². The van der Waals surface area contributed by atoms with Crippen LogP contribution in [-0.2, 0) is 9.53 Å². The molecule has 28 heavy (non-hydrogen) atoms. The van der Waals surface area contributed by atoms with Crippen molar-refractivity contribution in [2.75, 3.05) is 19.8 Å². The van der Waals surface area contributed by atoms with Gasteiger partial charge in [0.25, 0.3) is 0 Å². The Morgan fingerprint density at radius 3 is 2.64 bits per heavy atom. The lowest BCUT2D eigenvalue weighted by molar-refractivity contribution is -0.151. The van der Waals surface area contributed by atoms with E-state index >= 15 is 0 Å². The second-order valence-electron chi connectivity index (χ2n) is 6.92. The monoisotopic (exact) mass is 381 g/mol. The Morgan fingerprint density at radius 2 is 1.93 bits per heavy atom. The molecule has 0 bridgehead atoms. The van der Waals surface area contributed by atoms with E-state index in [0.717, 1.165) is 36.1 Å². The molecule has 2 aromatic carbocycles. The third kappa shape index (κ3) is 4.78. The number of rotatable bonds is 9. The van der Waals surface area contributed by atoms with Gasteiger partial charge in [0.05, 0.1) is 12.0 Å². The van der Waals surface area contributed by atoms with Gasteiger partial charge in [-0.25, -0.2) is 4.79 Å². The molecule has 0 fully saturated rings. The van der Waals surface area contributed by atoms with Crippen molar-refractivity contribution in [1.82, 2.24) is 0 Å². The molecule has 5 nitrogen and oxygen atoms in total. The van der Waals surface area contributed by atoms with Crippen molar-refractivity contribution in [3.63, 3.8) is 0 Å². The third-order valence-electron chi connectivity index (χ3n) is 5.10. The molecule has 0 amide bonds. The van der Waals surface area contributed by atoms with Crippen LogP contribution in [0.4, 0.5) is 0 Å². The zero-order valence-electron chi connectivity index (χ0n) is 16.4. The summed E-state index contributed by atoms with van der Waals surface area (Å²) in [4.78, 5) is 16.0. The number of fused-ring (bicyclic) bond motifs is 1. The molecule has 1 heterocycles. The van der Waals surface area contributed by atoms with Crippen LogP contribution in [-0.4, -0.2) is 36.9 Å². The topological polar surface area (TPSA) is 68.1 Å². The van der Waals surface area contributed by atoms with Gasteiger partial charge in [-0.15, -0.1) is 0 Å². The van der Waals surface area contributed by atoms with Crippen LogP contribution in [0.1, 0.15) is 38.2 Å². The summed E-state index contributed by atoms with van der Waals surface area (Å²) in [6.45, 7) is 5.49. The second-order valence-corrected chi connectivity index (χ2v) is 6.92. The highest BCUT2D eigenvalue weighted by atomic mass is 16.5. The molecule has 5 heteroatoms. The number of hydrogen-bond donors (Lipinski definition) is 1. The number of carbonyl (C=O) groups is 1. The smallest absolute Gasteiger partial charge is 0.333 e. The summed E-state index contributed by atoms with van der Waals surface area (Å²) >= 11 is 0. The van der Waals surface area contributed by atoms with E-state index < -0.39 is 12.1 Å². The van der Waals surface area contributed by atoms with Crippen LogP contribution in [0.3, 0.4) is 0 Å². The lowest BCUT2D eigenvalue weighted by atomic mass is 9.95. The SMILES string of the molecule is CCOC(C(=O)O)C(C)c1ccc(OCCC2=c3ccccc3=NCC2)cc1. The standard InChI is InChI=1S/C23H27NO4/c1-3-27-22(23(25)26)16(2)17-8-10-19(11-9-17)28-15-13-18-12-14-24-21-7-5-4-6-20(18)21/h4-11,16,22H,3,12-15H2,1-2H3,(H,25,26). The van der Waals surface area contributed by atoms with Crippen molar-refractivity contribution in [2.24, 2.45) is 4.99 Å². The number of nitrogens with zero attached hydrogens (tertiary/aromatic N) is 1. The van der Waals surface area contributed by atoms with E-state index in [1.54, 1.807) is 6.92 Å². The third-order valence-corrected chi connectivity index (χ3v) is 5.10. The zero-order chi connectivity index (χ0) is 19.9. The Labute approximate surface area is 165 Å².